The monoisotopic (exact) mass is 273 g/mol. The molecule has 2 aromatic carbocycles. The molecule has 20 heavy (non-hydrogen) atoms. The normalized spacial score (nSPS) is 12.1. The van der Waals surface area contributed by atoms with Crippen molar-refractivity contribution < 1.29 is 9.13 Å². The molecule has 0 saturated carbocycles. The van der Waals surface area contributed by atoms with Gasteiger partial charge in [-0.05, 0) is 50.1 Å². The van der Waals surface area contributed by atoms with Crippen LogP contribution in [0.15, 0.2) is 36.4 Å². The molecule has 3 heteroatoms. The Morgan fingerprint density at radius 2 is 1.90 bits per heavy atom. The van der Waals surface area contributed by atoms with Crippen LogP contribution in [0.1, 0.15) is 29.7 Å². The van der Waals surface area contributed by atoms with Gasteiger partial charge in [-0.1, -0.05) is 18.2 Å². The highest BCUT2D eigenvalue weighted by Crippen LogP contribution is 2.31. The molecule has 0 aliphatic rings. The van der Waals surface area contributed by atoms with Gasteiger partial charge in [0.1, 0.15) is 11.6 Å². The zero-order valence-corrected chi connectivity index (χ0v) is 12.3. The van der Waals surface area contributed by atoms with Crippen LogP contribution < -0.4 is 10.1 Å². The molecule has 2 rings (SSSR count). The van der Waals surface area contributed by atoms with E-state index in [2.05, 4.69) is 5.32 Å². The van der Waals surface area contributed by atoms with Crippen molar-refractivity contribution in [1.29, 1.82) is 0 Å². The molecule has 2 nitrogen and oxygen atoms in total. The Balaban J connectivity index is 2.26. The Bertz CT molecular complexity index is 610. The van der Waals surface area contributed by atoms with Crippen molar-refractivity contribution in [3.05, 3.63) is 58.9 Å². The first-order valence-electron chi connectivity index (χ1n) is 6.69. The van der Waals surface area contributed by atoms with Gasteiger partial charge in [0.15, 0.2) is 0 Å². The quantitative estimate of drug-likeness (QED) is 0.877. The van der Waals surface area contributed by atoms with E-state index >= 15 is 0 Å². The first kappa shape index (κ1) is 14.4. The molecule has 0 spiro atoms. The van der Waals surface area contributed by atoms with Crippen LogP contribution in [0.2, 0.25) is 0 Å². The molecule has 0 amide bonds. The van der Waals surface area contributed by atoms with Gasteiger partial charge in [0.25, 0.3) is 0 Å². The number of halogens is 1. The van der Waals surface area contributed by atoms with Gasteiger partial charge in [-0.15, -0.1) is 0 Å². The Morgan fingerprint density at radius 1 is 1.15 bits per heavy atom. The molecule has 1 unspecified atom stereocenters. The molecule has 106 valence electrons. The number of hydrogen-bond donors (Lipinski definition) is 1. The molecule has 0 aliphatic heterocycles. The van der Waals surface area contributed by atoms with E-state index in [-0.39, 0.29) is 11.9 Å². The summed E-state index contributed by atoms with van der Waals surface area (Å²) in [5.41, 5.74) is 4.10. The highest BCUT2D eigenvalue weighted by atomic mass is 19.1. The lowest BCUT2D eigenvalue weighted by atomic mass is 10.1. The summed E-state index contributed by atoms with van der Waals surface area (Å²) < 4.78 is 18.7. The van der Waals surface area contributed by atoms with Crippen LogP contribution in [-0.2, 0) is 0 Å². The maximum absolute atomic E-state index is 13.3. The van der Waals surface area contributed by atoms with Gasteiger partial charge in [0.05, 0.1) is 7.11 Å². The predicted octanol–water partition coefficient (Wildman–Crippen LogP) is 4.62. The van der Waals surface area contributed by atoms with Gasteiger partial charge in [-0.3, -0.25) is 0 Å². The molecule has 0 aliphatic carbocycles. The van der Waals surface area contributed by atoms with Crippen molar-refractivity contribution >= 4 is 5.69 Å². The highest BCUT2D eigenvalue weighted by molar-refractivity contribution is 5.60. The SMILES string of the molecule is COc1c(C)ccc(NC(C)c2cccc(F)c2)c1C. The summed E-state index contributed by atoms with van der Waals surface area (Å²) in [6.07, 6.45) is 0. The van der Waals surface area contributed by atoms with Gasteiger partial charge in [-0.2, -0.15) is 0 Å². The zero-order valence-electron chi connectivity index (χ0n) is 12.3. The molecule has 1 atom stereocenters. The van der Waals surface area contributed by atoms with Crippen LogP contribution in [0.25, 0.3) is 0 Å². The lowest BCUT2D eigenvalue weighted by Gasteiger charge is -2.19. The van der Waals surface area contributed by atoms with E-state index in [1.165, 1.54) is 6.07 Å². The first-order chi connectivity index (χ1) is 9.52. The third kappa shape index (κ3) is 2.93. The van der Waals surface area contributed by atoms with Crippen LogP contribution in [0.3, 0.4) is 0 Å². The second-order valence-corrected chi connectivity index (χ2v) is 5.01. The summed E-state index contributed by atoms with van der Waals surface area (Å²) in [5.74, 6) is 0.677. The van der Waals surface area contributed by atoms with Crippen LogP contribution in [0.4, 0.5) is 10.1 Å². The summed E-state index contributed by atoms with van der Waals surface area (Å²) in [6, 6.07) is 10.7. The van der Waals surface area contributed by atoms with Crippen molar-refractivity contribution in [2.24, 2.45) is 0 Å². The van der Waals surface area contributed by atoms with Crippen molar-refractivity contribution in [2.75, 3.05) is 12.4 Å². The Hall–Kier alpha value is -2.03. The number of ether oxygens (including phenoxy) is 1. The van der Waals surface area contributed by atoms with Crippen molar-refractivity contribution in [1.82, 2.24) is 0 Å². The number of benzene rings is 2. The molecular weight excluding hydrogens is 253 g/mol. The van der Waals surface area contributed by atoms with E-state index < -0.39 is 0 Å². The lowest BCUT2D eigenvalue weighted by molar-refractivity contribution is 0.409. The standard InChI is InChI=1S/C17H20FNO/c1-11-8-9-16(12(2)17(11)20-4)19-13(3)14-6-5-7-15(18)10-14/h5-10,13,19H,1-4H3. The molecule has 0 saturated heterocycles. The van der Waals surface area contributed by atoms with E-state index in [9.17, 15) is 4.39 Å². The fourth-order valence-corrected chi connectivity index (χ4v) is 2.39. The van der Waals surface area contributed by atoms with Gasteiger partial charge in [0, 0.05) is 17.3 Å². The minimum Gasteiger partial charge on any atom is -0.496 e. The zero-order chi connectivity index (χ0) is 14.7. The smallest absolute Gasteiger partial charge is 0.126 e. The number of rotatable bonds is 4. The second-order valence-electron chi connectivity index (χ2n) is 5.01. The Labute approximate surface area is 119 Å². The Morgan fingerprint density at radius 3 is 2.55 bits per heavy atom. The maximum Gasteiger partial charge on any atom is 0.126 e. The summed E-state index contributed by atoms with van der Waals surface area (Å²) in [4.78, 5) is 0. The molecule has 1 N–H and O–H groups in total. The molecule has 0 bridgehead atoms. The molecule has 0 aromatic heterocycles. The summed E-state index contributed by atoms with van der Waals surface area (Å²) in [6.45, 7) is 6.05. The predicted molar refractivity (Wildman–Crippen MR) is 80.9 cm³/mol. The number of hydrogen-bond acceptors (Lipinski definition) is 2. The van der Waals surface area contributed by atoms with Gasteiger partial charge in [-0.25, -0.2) is 4.39 Å². The number of aryl methyl sites for hydroxylation is 1. The minimum absolute atomic E-state index is 0.0248. The molecule has 0 fully saturated rings. The number of anilines is 1. The summed E-state index contributed by atoms with van der Waals surface area (Å²) >= 11 is 0. The fraction of sp³-hybridized carbons (Fsp3) is 0.294. The van der Waals surface area contributed by atoms with Crippen molar-refractivity contribution in [3.63, 3.8) is 0 Å². The van der Waals surface area contributed by atoms with Crippen LogP contribution in [0.5, 0.6) is 5.75 Å². The molecular formula is C17H20FNO. The average Bonchev–Trinajstić information content (AvgIpc) is 2.42. The van der Waals surface area contributed by atoms with Crippen LogP contribution >= 0.6 is 0 Å². The summed E-state index contributed by atoms with van der Waals surface area (Å²) in [7, 11) is 1.68. The Kier molecular flexibility index (Phi) is 4.28. The van der Waals surface area contributed by atoms with E-state index in [0.29, 0.717) is 0 Å². The third-order valence-electron chi connectivity index (χ3n) is 3.53. The van der Waals surface area contributed by atoms with Gasteiger partial charge >= 0.3 is 0 Å². The maximum atomic E-state index is 13.3. The van der Waals surface area contributed by atoms with E-state index in [0.717, 1.165) is 28.1 Å². The topological polar surface area (TPSA) is 21.3 Å². The molecule has 2 aromatic rings. The third-order valence-corrected chi connectivity index (χ3v) is 3.53. The van der Waals surface area contributed by atoms with Crippen LogP contribution in [-0.4, -0.2) is 7.11 Å². The van der Waals surface area contributed by atoms with E-state index in [4.69, 9.17) is 4.74 Å². The number of methoxy groups -OCH3 is 1. The van der Waals surface area contributed by atoms with Gasteiger partial charge in [0.2, 0.25) is 0 Å². The van der Waals surface area contributed by atoms with Crippen molar-refractivity contribution in [3.8, 4) is 5.75 Å². The second kappa shape index (κ2) is 5.95. The first-order valence-corrected chi connectivity index (χ1v) is 6.69. The van der Waals surface area contributed by atoms with Crippen molar-refractivity contribution in [2.45, 2.75) is 26.8 Å². The molecule has 0 heterocycles. The lowest BCUT2D eigenvalue weighted by Crippen LogP contribution is -2.08. The van der Waals surface area contributed by atoms with E-state index in [1.807, 2.05) is 39.0 Å². The number of nitrogens with one attached hydrogen (secondary N) is 1. The van der Waals surface area contributed by atoms with Crippen LogP contribution in [0, 0.1) is 19.7 Å². The highest BCUT2D eigenvalue weighted by Gasteiger charge is 2.11. The minimum atomic E-state index is -0.214. The van der Waals surface area contributed by atoms with Gasteiger partial charge < -0.3 is 10.1 Å². The molecule has 0 radical (unpaired) electrons. The van der Waals surface area contributed by atoms with E-state index in [1.54, 1.807) is 19.2 Å². The average molecular weight is 273 g/mol. The fourth-order valence-electron chi connectivity index (χ4n) is 2.39. The summed E-state index contributed by atoms with van der Waals surface area (Å²) in [5, 5.41) is 3.41. The largest absolute Gasteiger partial charge is 0.496 e.